The molecule has 1 aromatic heterocycles. The average molecular weight is 454 g/mol. The third-order valence-corrected chi connectivity index (χ3v) is 6.15. The summed E-state index contributed by atoms with van der Waals surface area (Å²) in [5.74, 6) is -1.62. The monoisotopic (exact) mass is 454 g/mol. The summed E-state index contributed by atoms with van der Waals surface area (Å²) in [5, 5.41) is 5.23. The average Bonchev–Trinajstić information content (AvgIpc) is 3.20. The van der Waals surface area contributed by atoms with E-state index in [1.54, 1.807) is 24.3 Å². The van der Waals surface area contributed by atoms with E-state index in [4.69, 9.17) is 0 Å². The number of carbonyl (C=O) groups excluding carboxylic acids is 2. The van der Waals surface area contributed by atoms with Crippen LogP contribution in [0.4, 0.5) is 21.5 Å². The molecule has 1 aliphatic rings. The molecule has 2 N–H and O–H groups in total. The van der Waals surface area contributed by atoms with Crippen molar-refractivity contribution in [1.82, 2.24) is 4.98 Å². The molecule has 2 aromatic carbocycles. The molecule has 10 heteroatoms. The van der Waals surface area contributed by atoms with Gasteiger partial charge in [-0.05, 0) is 60.5 Å². The molecule has 0 atom stereocenters. The number of nitrogens with zero attached hydrogens (tertiary/aromatic N) is 2. The molecule has 4 rings (SSSR count). The number of sulfonamides is 1. The van der Waals surface area contributed by atoms with Crippen molar-refractivity contribution in [3.8, 4) is 0 Å². The lowest BCUT2D eigenvalue weighted by Gasteiger charge is -2.16. The summed E-state index contributed by atoms with van der Waals surface area (Å²) >= 11 is 0. The molecular weight excluding hydrogens is 435 g/mol. The molecule has 0 saturated heterocycles. The van der Waals surface area contributed by atoms with Gasteiger partial charge in [0.05, 0.1) is 23.3 Å². The van der Waals surface area contributed by atoms with Crippen LogP contribution < -0.4 is 14.9 Å². The van der Waals surface area contributed by atoms with Crippen molar-refractivity contribution in [2.45, 2.75) is 6.42 Å². The lowest BCUT2D eigenvalue weighted by atomic mass is 10.1. The quantitative estimate of drug-likeness (QED) is 0.616. The Morgan fingerprint density at radius 2 is 1.78 bits per heavy atom. The number of rotatable bonds is 5. The Morgan fingerprint density at radius 3 is 2.50 bits per heavy atom. The molecule has 8 nitrogen and oxygen atoms in total. The summed E-state index contributed by atoms with van der Waals surface area (Å²) in [6.07, 6.45) is 3.09. The first kappa shape index (κ1) is 21.4. The minimum atomic E-state index is -3.40. The van der Waals surface area contributed by atoms with E-state index in [0.717, 1.165) is 17.9 Å². The van der Waals surface area contributed by atoms with Crippen molar-refractivity contribution < 1.29 is 22.4 Å². The van der Waals surface area contributed by atoms with E-state index in [1.807, 2.05) is 0 Å². The highest BCUT2D eigenvalue weighted by Gasteiger charge is 2.27. The van der Waals surface area contributed by atoms with Crippen molar-refractivity contribution in [1.29, 1.82) is 0 Å². The molecule has 0 aliphatic carbocycles. The van der Waals surface area contributed by atoms with Crippen molar-refractivity contribution in [2.24, 2.45) is 0 Å². The van der Waals surface area contributed by atoms with Crippen LogP contribution in [0.5, 0.6) is 0 Å². The summed E-state index contributed by atoms with van der Waals surface area (Å²) in [6.45, 7) is 0.312. The van der Waals surface area contributed by atoms with Gasteiger partial charge in [0, 0.05) is 18.3 Å². The van der Waals surface area contributed by atoms with E-state index in [-0.39, 0.29) is 22.6 Å². The fourth-order valence-electron chi connectivity index (χ4n) is 3.46. The second-order valence-corrected chi connectivity index (χ2v) is 9.15. The highest BCUT2D eigenvalue weighted by molar-refractivity contribution is 7.92. The van der Waals surface area contributed by atoms with Gasteiger partial charge in [-0.25, -0.2) is 12.8 Å². The zero-order valence-electron chi connectivity index (χ0n) is 17.0. The lowest BCUT2D eigenvalue weighted by molar-refractivity contribution is 0.101. The predicted octanol–water partition coefficient (Wildman–Crippen LogP) is 3.05. The van der Waals surface area contributed by atoms with Gasteiger partial charge in [-0.15, -0.1) is 0 Å². The molecule has 0 spiro atoms. The molecule has 0 saturated carbocycles. The first-order valence-electron chi connectivity index (χ1n) is 9.66. The number of nitrogens with one attached hydrogen (secondary N) is 2. The molecule has 3 aromatic rings. The summed E-state index contributed by atoms with van der Waals surface area (Å²) in [6, 6.07) is 13.2. The Balaban J connectivity index is 1.56. The van der Waals surface area contributed by atoms with Crippen LogP contribution in [0.1, 0.15) is 26.4 Å². The van der Waals surface area contributed by atoms with E-state index in [2.05, 4.69) is 15.6 Å². The van der Waals surface area contributed by atoms with Gasteiger partial charge in [-0.1, -0.05) is 6.07 Å². The van der Waals surface area contributed by atoms with E-state index < -0.39 is 27.7 Å². The van der Waals surface area contributed by atoms with E-state index in [9.17, 15) is 22.4 Å². The minimum absolute atomic E-state index is 0.0811. The van der Waals surface area contributed by atoms with E-state index in [1.165, 1.54) is 34.8 Å². The molecule has 2 amide bonds. The number of anilines is 3. The fraction of sp³-hybridized carbons (Fsp3) is 0.136. The smallest absolute Gasteiger partial charge is 0.274 e. The topological polar surface area (TPSA) is 108 Å². The maximum atomic E-state index is 13.9. The van der Waals surface area contributed by atoms with Gasteiger partial charge in [-0.3, -0.25) is 18.9 Å². The standard InChI is InChI=1S/C22H19FN4O4S/c1-32(30,31)27-11-9-14-12-15(5-8-20(14)27)21(28)26-19-13-16(23)6-7-17(19)25-22(29)18-4-2-3-10-24-18/h2-8,10,12-13H,9,11H2,1H3,(H,25,29)(H,26,28). The summed E-state index contributed by atoms with van der Waals surface area (Å²) in [4.78, 5) is 29.2. The number of benzene rings is 2. The number of hydrogen-bond donors (Lipinski definition) is 2. The third-order valence-electron chi connectivity index (χ3n) is 4.97. The zero-order valence-corrected chi connectivity index (χ0v) is 17.8. The van der Waals surface area contributed by atoms with Crippen LogP contribution in [0.2, 0.25) is 0 Å². The third kappa shape index (κ3) is 4.45. The van der Waals surface area contributed by atoms with E-state index >= 15 is 0 Å². The Morgan fingerprint density at radius 1 is 1.00 bits per heavy atom. The van der Waals surface area contributed by atoms with Crippen LogP contribution in [0.25, 0.3) is 0 Å². The molecular formula is C22H19FN4O4S. The highest BCUT2D eigenvalue weighted by Crippen LogP contribution is 2.31. The number of aromatic nitrogens is 1. The number of hydrogen-bond acceptors (Lipinski definition) is 5. The number of carbonyl (C=O) groups is 2. The van der Waals surface area contributed by atoms with Crippen molar-refractivity contribution in [2.75, 3.05) is 27.7 Å². The number of pyridine rings is 1. The van der Waals surface area contributed by atoms with Gasteiger partial charge in [0.25, 0.3) is 11.8 Å². The largest absolute Gasteiger partial charge is 0.320 e. The Hall–Kier alpha value is -3.79. The maximum Gasteiger partial charge on any atom is 0.274 e. The van der Waals surface area contributed by atoms with Gasteiger partial charge in [-0.2, -0.15) is 0 Å². The molecule has 2 heterocycles. The normalized spacial score (nSPS) is 12.9. The fourth-order valence-corrected chi connectivity index (χ4v) is 4.42. The first-order valence-corrected chi connectivity index (χ1v) is 11.5. The molecule has 164 valence electrons. The van der Waals surface area contributed by atoms with Crippen LogP contribution in [0, 0.1) is 5.82 Å². The maximum absolute atomic E-state index is 13.9. The Bertz CT molecular complexity index is 1310. The molecule has 32 heavy (non-hydrogen) atoms. The number of amides is 2. The van der Waals surface area contributed by atoms with Gasteiger partial charge < -0.3 is 10.6 Å². The van der Waals surface area contributed by atoms with Gasteiger partial charge in [0.2, 0.25) is 10.0 Å². The summed E-state index contributed by atoms with van der Waals surface area (Å²) in [7, 11) is -3.40. The van der Waals surface area contributed by atoms with E-state index in [0.29, 0.717) is 18.7 Å². The zero-order chi connectivity index (χ0) is 22.9. The molecule has 0 bridgehead atoms. The first-order chi connectivity index (χ1) is 15.2. The second kappa shape index (κ2) is 8.39. The van der Waals surface area contributed by atoms with Crippen LogP contribution in [-0.4, -0.2) is 38.0 Å². The molecule has 1 aliphatic heterocycles. The molecule has 0 unspecified atom stereocenters. The number of fused-ring (bicyclic) bond motifs is 1. The predicted molar refractivity (Wildman–Crippen MR) is 119 cm³/mol. The summed E-state index contributed by atoms with van der Waals surface area (Å²) < 4.78 is 38.9. The van der Waals surface area contributed by atoms with Crippen molar-refractivity contribution in [3.63, 3.8) is 0 Å². The summed E-state index contributed by atoms with van der Waals surface area (Å²) in [5.41, 5.74) is 2.01. The van der Waals surface area contributed by atoms with Gasteiger partial charge >= 0.3 is 0 Å². The van der Waals surface area contributed by atoms with Crippen LogP contribution in [0.15, 0.2) is 60.8 Å². The van der Waals surface area contributed by atoms with Crippen LogP contribution >= 0.6 is 0 Å². The minimum Gasteiger partial charge on any atom is -0.320 e. The Labute approximate surface area is 184 Å². The van der Waals surface area contributed by atoms with Crippen molar-refractivity contribution >= 4 is 38.9 Å². The molecule has 0 radical (unpaired) electrons. The second-order valence-electron chi connectivity index (χ2n) is 7.24. The lowest BCUT2D eigenvalue weighted by Crippen LogP contribution is -2.27. The van der Waals surface area contributed by atoms with Crippen LogP contribution in [0.3, 0.4) is 0 Å². The van der Waals surface area contributed by atoms with Gasteiger partial charge in [0.15, 0.2) is 0 Å². The van der Waals surface area contributed by atoms with Gasteiger partial charge in [0.1, 0.15) is 11.5 Å². The van der Waals surface area contributed by atoms with Crippen LogP contribution in [-0.2, 0) is 16.4 Å². The SMILES string of the molecule is CS(=O)(=O)N1CCc2cc(C(=O)Nc3cc(F)ccc3NC(=O)c3ccccn3)ccc21. The number of halogens is 1. The highest BCUT2D eigenvalue weighted by atomic mass is 32.2. The van der Waals surface area contributed by atoms with Crippen molar-refractivity contribution in [3.05, 3.63) is 83.4 Å². The Kier molecular flexibility index (Phi) is 5.62. The molecule has 0 fully saturated rings.